The maximum atomic E-state index is 15.8. The third-order valence-corrected chi connectivity index (χ3v) is 18.4. The van der Waals surface area contributed by atoms with Crippen LogP contribution in [0.1, 0.15) is 33.5 Å². The van der Waals surface area contributed by atoms with Crippen molar-refractivity contribution in [1.82, 2.24) is 0 Å². The average Bonchev–Trinajstić information content (AvgIpc) is 3.54. The van der Waals surface area contributed by atoms with Gasteiger partial charge in [0.2, 0.25) is 0 Å². The summed E-state index contributed by atoms with van der Waals surface area (Å²) in [6, 6.07) is 20.8. The maximum absolute atomic E-state index is 15.8. The van der Waals surface area contributed by atoms with Gasteiger partial charge in [-0.05, 0) is 0 Å². The molecule has 0 aromatic heterocycles. The first-order valence-electron chi connectivity index (χ1n) is 16.3. The number of rotatable bonds is 3. The second-order valence-corrected chi connectivity index (χ2v) is 19.5. The van der Waals surface area contributed by atoms with Crippen molar-refractivity contribution in [3.63, 3.8) is 0 Å². The van der Waals surface area contributed by atoms with E-state index in [4.69, 9.17) is 36.8 Å². The van der Waals surface area contributed by atoms with Gasteiger partial charge in [0.15, 0.2) is 0 Å². The number of alkyl halides is 12. The van der Waals surface area contributed by atoms with E-state index in [9.17, 15) is 0 Å². The molecule has 1 atom stereocenters. The normalized spacial score (nSPS) is 23.6. The molecule has 1 spiro atoms. The number of hydrogen-bond acceptors (Lipinski definition) is 3. The molecule has 0 radical (unpaired) electrons. The summed E-state index contributed by atoms with van der Waals surface area (Å²) in [5.41, 5.74) is -20.9. The molecule has 3 aliphatic heterocycles. The van der Waals surface area contributed by atoms with Crippen molar-refractivity contribution in [2.45, 2.75) is 47.2 Å². The van der Waals surface area contributed by atoms with Gasteiger partial charge in [-0.3, -0.25) is 0 Å². The Kier molecular flexibility index (Phi) is 7.80. The number of hydrogen-bond donors (Lipinski definition) is 0. The van der Waals surface area contributed by atoms with Gasteiger partial charge in [0.25, 0.3) is 0 Å². The summed E-state index contributed by atoms with van der Waals surface area (Å²) >= 11 is 12.4. The minimum atomic E-state index is -8.67. The van der Waals surface area contributed by atoms with Crippen LogP contribution in [-0.4, -0.2) is 24.7 Å². The van der Waals surface area contributed by atoms with Crippen LogP contribution in [0.3, 0.4) is 0 Å². The first-order valence-corrected chi connectivity index (χ1v) is 19.6. The van der Waals surface area contributed by atoms with E-state index < -0.39 is 81.1 Å². The Hall–Kier alpha value is -3.85. The van der Waals surface area contributed by atoms with E-state index >= 15 is 52.7 Å². The molecule has 1 unspecified atom stereocenters. The van der Waals surface area contributed by atoms with Crippen molar-refractivity contribution in [1.29, 1.82) is 0 Å². The van der Waals surface area contributed by atoms with Crippen LogP contribution in [0, 0.1) is 0 Å². The van der Waals surface area contributed by atoms with Crippen LogP contribution in [0.2, 0.25) is 10.0 Å². The van der Waals surface area contributed by atoms with Crippen LogP contribution in [0.15, 0.2) is 127 Å². The van der Waals surface area contributed by atoms with Crippen molar-refractivity contribution in [3.05, 3.63) is 165 Å². The zero-order valence-corrected chi connectivity index (χ0v) is 30.1. The monoisotopic (exact) mass is 855 g/mol. The molecule has 1 fully saturated rings. The Labute approximate surface area is 318 Å². The summed E-state index contributed by atoms with van der Waals surface area (Å²) in [5, 5.41) is -2.74. The number of halogens is 14. The fraction of sp³-hybridized carbons (Fsp3) is 0.211. The molecule has 5 aromatic rings. The van der Waals surface area contributed by atoms with Crippen LogP contribution in [0.25, 0.3) is 0 Å². The van der Waals surface area contributed by atoms with Gasteiger partial charge in [0.1, 0.15) is 0 Å². The first-order chi connectivity index (χ1) is 25.9. The molecule has 3 nitrogen and oxygen atoms in total. The minimum absolute atomic E-state index is 0.0569. The molecule has 18 heteroatoms. The molecule has 0 amide bonds. The van der Waals surface area contributed by atoms with Crippen molar-refractivity contribution in [2.75, 3.05) is 0 Å². The number of benzene rings is 5. The zero-order valence-electron chi connectivity index (χ0n) is 27.7. The molecule has 0 N–H and O–H groups in total. The molecular formula is C38H22Cl2F12O3P-. The van der Waals surface area contributed by atoms with Crippen LogP contribution >= 0.6 is 29.8 Å². The average molecular weight is 856 g/mol. The summed E-state index contributed by atoms with van der Waals surface area (Å²) < 4.78 is 208. The molecule has 1 saturated heterocycles. The van der Waals surface area contributed by atoms with E-state index in [-0.39, 0.29) is 33.3 Å². The van der Waals surface area contributed by atoms with Gasteiger partial charge >= 0.3 is 319 Å². The van der Waals surface area contributed by atoms with Gasteiger partial charge in [-0.25, -0.2) is 0 Å². The molecule has 296 valence electrons. The van der Waals surface area contributed by atoms with Crippen molar-refractivity contribution < 1.29 is 66.3 Å². The van der Waals surface area contributed by atoms with E-state index in [2.05, 4.69) is 0 Å². The Morgan fingerprint density at radius 3 is 1.12 bits per heavy atom. The molecule has 5 aromatic carbocycles. The molecule has 56 heavy (non-hydrogen) atoms. The Morgan fingerprint density at radius 1 is 0.429 bits per heavy atom. The van der Waals surface area contributed by atoms with E-state index in [0.717, 1.165) is 36.4 Å². The predicted molar refractivity (Wildman–Crippen MR) is 183 cm³/mol. The second-order valence-electron chi connectivity index (χ2n) is 13.7. The SMILES string of the molecule is FC(F)(F)C1(C(F)(F)F)O[P-]23(OC(c4ccc(Cl)cc4)(c4ccc(Cl)cc4)C2c2ccccc2)(OC(C(F)(F)F)(C(F)(F)F)c2ccccc23)c2ccccc21. The van der Waals surface area contributed by atoms with Gasteiger partial charge < -0.3 is 0 Å². The third-order valence-electron chi connectivity index (χ3n) is 11.0. The molecule has 3 heterocycles. The summed E-state index contributed by atoms with van der Waals surface area (Å²) in [7, 11) is 0. The Bertz CT molecular complexity index is 2230. The molecule has 0 aliphatic carbocycles. The number of fused-ring (bicyclic) bond motifs is 2. The second kappa shape index (κ2) is 11.2. The predicted octanol–water partition coefficient (Wildman–Crippen LogP) is 12.2. The molecule has 0 bridgehead atoms. The zero-order chi connectivity index (χ0) is 40.7. The first kappa shape index (κ1) is 39.0. The summed E-state index contributed by atoms with van der Waals surface area (Å²) in [4.78, 5) is 0. The van der Waals surface area contributed by atoms with Crippen LogP contribution in [-0.2, 0) is 30.4 Å². The van der Waals surface area contributed by atoms with Crippen molar-refractivity contribution in [3.8, 4) is 0 Å². The van der Waals surface area contributed by atoms with Gasteiger partial charge in [0, 0.05) is 0 Å². The van der Waals surface area contributed by atoms with E-state index in [1.54, 1.807) is 0 Å². The molecule has 3 aliphatic rings. The van der Waals surface area contributed by atoms with Gasteiger partial charge in [-0.1, -0.05) is 0 Å². The van der Waals surface area contributed by atoms with Crippen LogP contribution in [0.4, 0.5) is 52.7 Å². The van der Waals surface area contributed by atoms with Gasteiger partial charge in [-0.2, -0.15) is 0 Å². The quantitative estimate of drug-likeness (QED) is 0.134. The standard InChI is InChI=1S/C38H22Cl2F12O3P/c39-25-18-14-23(15-19-25)32(24-16-20-26(40)21-17-24)31(22-8-2-1-3-9-22)56(53-32,29-12-6-4-10-27(29)33(54-56,35(41,42)43)36(44,45)46)30-13-7-5-11-28(30)34(55-56,37(47,48)49)38(50,51)52/h1-21,31H/q-1. The van der Waals surface area contributed by atoms with E-state index in [0.29, 0.717) is 12.1 Å². The Morgan fingerprint density at radius 2 is 0.768 bits per heavy atom. The molecule has 0 saturated carbocycles. The topological polar surface area (TPSA) is 27.7 Å². The van der Waals surface area contributed by atoms with Crippen LogP contribution < -0.4 is 10.6 Å². The van der Waals surface area contributed by atoms with E-state index in [1.165, 1.54) is 66.7 Å². The van der Waals surface area contributed by atoms with E-state index in [1.807, 2.05) is 0 Å². The third kappa shape index (κ3) is 4.18. The van der Waals surface area contributed by atoms with Gasteiger partial charge in [0.05, 0.1) is 0 Å². The summed E-state index contributed by atoms with van der Waals surface area (Å²) in [5.74, 6) is 0. The molecular weight excluding hydrogens is 834 g/mol. The van der Waals surface area contributed by atoms with Crippen LogP contribution in [0.5, 0.6) is 0 Å². The summed E-state index contributed by atoms with van der Waals surface area (Å²) in [6.45, 7) is -8.67. The fourth-order valence-electron chi connectivity index (χ4n) is 9.19. The summed E-state index contributed by atoms with van der Waals surface area (Å²) in [6.07, 6.45) is -26.5. The van der Waals surface area contributed by atoms with Gasteiger partial charge in [-0.15, -0.1) is 0 Å². The van der Waals surface area contributed by atoms with Crippen molar-refractivity contribution in [2.24, 2.45) is 0 Å². The molecule has 8 rings (SSSR count). The Balaban J connectivity index is 1.72. The van der Waals surface area contributed by atoms with Crippen molar-refractivity contribution >= 4 is 40.4 Å². The fourth-order valence-corrected chi connectivity index (χ4v) is 18.5.